The van der Waals surface area contributed by atoms with Gasteiger partial charge in [-0.2, -0.15) is 18.3 Å². The Morgan fingerprint density at radius 3 is 2.50 bits per heavy atom. The minimum atomic E-state index is -4.69. The van der Waals surface area contributed by atoms with Gasteiger partial charge in [0.15, 0.2) is 22.4 Å². The van der Waals surface area contributed by atoms with Crippen molar-refractivity contribution in [3.63, 3.8) is 0 Å². The van der Waals surface area contributed by atoms with E-state index in [0.29, 0.717) is 11.6 Å². The predicted molar refractivity (Wildman–Crippen MR) is 99.7 cm³/mol. The summed E-state index contributed by atoms with van der Waals surface area (Å²) in [6, 6.07) is 6.61. The van der Waals surface area contributed by atoms with Gasteiger partial charge in [0.05, 0.1) is 24.6 Å². The Labute approximate surface area is 162 Å². The zero-order valence-corrected chi connectivity index (χ0v) is 15.0. The van der Waals surface area contributed by atoms with Crippen molar-refractivity contribution < 1.29 is 27.9 Å². The van der Waals surface area contributed by atoms with Gasteiger partial charge in [-0.15, -0.1) is 0 Å². The molecule has 0 radical (unpaired) electrons. The molecule has 4 N–H and O–H groups in total. The number of nitrogens with two attached hydrogens (primary N) is 1. The molecule has 0 aliphatic heterocycles. The molecule has 0 unspecified atom stereocenters. The topological polar surface area (TPSA) is 115 Å². The molecule has 2 aromatic rings. The molecule has 28 heavy (non-hydrogen) atoms. The minimum absolute atomic E-state index is 0.0239. The number of nitrogens with zero attached hydrogens (tertiary/aromatic N) is 2. The summed E-state index contributed by atoms with van der Waals surface area (Å²) < 4.78 is 49.1. The van der Waals surface area contributed by atoms with Crippen molar-refractivity contribution >= 4 is 29.2 Å². The van der Waals surface area contributed by atoms with E-state index in [1.165, 1.54) is 25.5 Å². The van der Waals surface area contributed by atoms with Crippen LogP contribution in [0.2, 0.25) is 0 Å². The first-order valence-electron chi connectivity index (χ1n) is 7.43. The van der Waals surface area contributed by atoms with Crippen LogP contribution in [0.3, 0.4) is 0 Å². The number of methoxy groups -OCH3 is 1. The van der Waals surface area contributed by atoms with E-state index in [9.17, 15) is 18.4 Å². The maximum atomic E-state index is 12.8. The maximum absolute atomic E-state index is 12.8. The van der Waals surface area contributed by atoms with E-state index in [1.807, 2.05) is 0 Å². The monoisotopic (exact) mass is 415 g/mol. The van der Waals surface area contributed by atoms with E-state index in [4.69, 9.17) is 20.4 Å². The van der Waals surface area contributed by atoms with Crippen molar-refractivity contribution in [2.24, 2.45) is 10.8 Å². The summed E-state index contributed by atoms with van der Waals surface area (Å²) in [6.07, 6.45) is -3.30. The highest BCUT2D eigenvalue weighted by molar-refractivity contribution is 7.80. The zero-order valence-electron chi connectivity index (χ0n) is 14.2. The van der Waals surface area contributed by atoms with Crippen LogP contribution in [0.25, 0.3) is 0 Å². The number of rotatable bonds is 6. The number of ether oxygens (including phenoxy) is 2. The number of halogens is 3. The third-order valence-electron chi connectivity index (χ3n) is 3.29. The van der Waals surface area contributed by atoms with Gasteiger partial charge in [0.2, 0.25) is 0 Å². The number of thiocarbonyl (C=S) groups is 1. The van der Waals surface area contributed by atoms with Crippen LogP contribution in [0.1, 0.15) is 11.1 Å². The molecule has 2 aromatic carbocycles. The van der Waals surface area contributed by atoms with E-state index >= 15 is 0 Å². The summed E-state index contributed by atoms with van der Waals surface area (Å²) in [5.41, 5.74) is 6.34. The molecule has 0 heterocycles. The normalized spacial score (nSPS) is 11.4. The molecular formula is C16H14F3N4O4S-. The van der Waals surface area contributed by atoms with E-state index in [1.54, 1.807) is 6.07 Å². The van der Waals surface area contributed by atoms with Crippen LogP contribution < -0.4 is 25.9 Å². The zero-order chi connectivity index (χ0) is 20.9. The second-order valence-corrected chi connectivity index (χ2v) is 5.64. The van der Waals surface area contributed by atoms with E-state index in [-0.39, 0.29) is 22.4 Å². The molecule has 0 saturated heterocycles. The number of hydrogen-bond acceptors (Lipinski definition) is 7. The van der Waals surface area contributed by atoms with E-state index < -0.39 is 22.7 Å². The fourth-order valence-electron chi connectivity index (χ4n) is 2.07. The average molecular weight is 415 g/mol. The Bertz CT molecular complexity index is 891. The van der Waals surface area contributed by atoms with Crippen LogP contribution in [0.5, 0.6) is 17.2 Å². The third kappa shape index (κ3) is 5.45. The molecule has 0 aliphatic carbocycles. The van der Waals surface area contributed by atoms with E-state index in [2.05, 4.69) is 22.7 Å². The molecule has 0 saturated carbocycles. The number of anilines is 1. The molecule has 2 rings (SSSR count). The van der Waals surface area contributed by atoms with Crippen molar-refractivity contribution in [2.75, 3.05) is 12.3 Å². The van der Waals surface area contributed by atoms with Crippen LogP contribution in [0.4, 0.5) is 18.9 Å². The molecule has 0 aliphatic rings. The van der Waals surface area contributed by atoms with Gasteiger partial charge in [0.1, 0.15) is 0 Å². The molecule has 0 aromatic heterocycles. The fourth-order valence-corrected chi connectivity index (χ4v) is 2.12. The highest BCUT2D eigenvalue weighted by Crippen LogP contribution is 2.40. The van der Waals surface area contributed by atoms with Crippen molar-refractivity contribution in [3.8, 4) is 17.2 Å². The van der Waals surface area contributed by atoms with Crippen LogP contribution in [-0.2, 0) is 6.18 Å². The maximum Gasteiger partial charge on any atom is 0.416 e. The van der Waals surface area contributed by atoms with Gasteiger partial charge in [-0.3, -0.25) is 10.6 Å². The second kappa shape index (κ2) is 8.73. The third-order valence-corrected chi connectivity index (χ3v) is 3.38. The Hall–Kier alpha value is -3.09. The van der Waals surface area contributed by atoms with Gasteiger partial charge < -0.3 is 25.6 Å². The van der Waals surface area contributed by atoms with Gasteiger partial charge in [0, 0.05) is 0 Å². The molecule has 0 spiro atoms. The first-order chi connectivity index (χ1) is 13.1. The first kappa shape index (κ1) is 21.2. The first-order valence-corrected chi connectivity index (χ1v) is 7.84. The number of alkyl halides is 3. The lowest BCUT2D eigenvalue weighted by atomic mass is 10.1. The standard InChI is InChI=1S/C16H14F3N4O4S/c1-26-14-6-9(8-21-22-15(20)28)2-4-13(14)27-12-5-3-10(16(17,18)19)7-11(12)23(24)25/h2-8,24H,1H3,(H3,20,22,28)/q-1/b21-8+. The largest absolute Gasteiger partial charge is 0.733 e. The smallest absolute Gasteiger partial charge is 0.416 e. The van der Waals surface area contributed by atoms with Gasteiger partial charge >= 0.3 is 6.18 Å². The Kier molecular flexibility index (Phi) is 6.62. The van der Waals surface area contributed by atoms with Crippen LogP contribution in [0, 0.1) is 5.21 Å². The molecule has 0 fully saturated rings. The molecular weight excluding hydrogens is 401 g/mol. The number of nitrogens with one attached hydrogen (secondary N) is 1. The van der Waals surface area contributed by atoms with Gasteiger partial charge in [0.25, 0.3) is 0 Å². The van der Waals surface area contributed by atoms with Gasteiger partial charge in [-0.1, -0.05) is 0 Å². The molecule has 12 heteroatoms. The lowest BCUT2D eigenvalue weighted by Gasteiger charge is -2.25. The van der Waals surface area contributed by atoms with Crippen molar-refractivity contribution in [2.45, 2.75) is 6.18 Å². The van der Waals surface area contributed by atoms with Crippen LogP contribution >= 0.6 is 12.2 Å². The molecule has 150 valence electrons. The Balaban J connectivity index is 2.34. The second-order valence-electron chi connectivity index (χ2n) is 5.20. The van der Waals surface area contributed by atoms with Gasteiger partial charge in [-0.25, -0.2) is 0 Å². The molecule has 0 amide bonds. The minimum Gasteiger partial charge on any atom is -0.733 e. The number of hydrazone groups is 1. The van der Waals surface area contributed by atoms with Gasteiger partial charge in [-0.05, 0) is 54.2 Å². The molecule has 8 nitrogen and oxygen atoms in total. The summed E-state index contributed by atoms with van der Waals surface area (Å²) in [5, 5.41) is 23.4. The lowest BCUT2D eigenvalue weighted by molar-refractivity contribution is -0.137. The van der Waals surface area contributed by atoms with E-state index in [0.717, 1.165) is 12.1 Å². The lowest BCUT2D eigenvalue weighted by Crippen LogP contribution is -2.23. The predicted octanol–water partition coefficient (Wildman–Crippen LogP) is 3.37. The van der Waals surface area contributed by atoms with Crippen molar-refractivity contribution in [1.29, 1.82) is 0 Å². The summed E-state index contributed by atoms with van der Waals surface area (Å²) in [4.78, 5) is 0. The molecule has 0 bridgehead atoms. The fraction of sp³-hybridized carbons (Fsp3) is 0.125. The Morgan fingerprint density at radius 2 is 1.93 bits per heavy atom. The SMILES string of the molecule is COc1cc(/C=N/NC(N)=S)ccc1Oc1ccc(C(F)(F)F)cc1N([O-])O. The summed E-state index contributed by atoms with van der Waals surface area (Å²) in [5.74, 6) is -0.0225. The number of benzene rings is 2. The summed E-state index contributed by atoms with van der Waals surface area (Å²) >= 11 is 4.61. The summed E-state index contributed by atoms with van der Waals surface area (Å²) in [6.45, 7) is 0. The quantitative estimate of drug-likeness (QED) is 0.374. The van der Waals surface area contributed by atoms with Crippen molar-refractivity contribution in [1.82, 2.24) is 5.43 Å². The highest BCUT2D eigenvalue weighted by Gasteiger charge is 2.31. The number of hydrogen-bond donors (Lipinski definition) is 3. The summed E-state index contributed by atoms with van der Waals surface area (Å²) in [7, 11) is 1.34. The van der Waals surface area contributed by atoms with Crippen molar-refractivity contribution in [3.05, 3.63) is 52.7 Å². The highest BCUT2D eigenvalue weighted by atomic mass is 32.1. The molecule has 0 atom stereocenters. The average Bonchev–Trinajstić information content (AvgIpc) is 2.61. The van der Waals surface area contributed by atoms with Crippen LogP contribution in [-0.4, -0.2) is 23.6 Å². The van der Waals surface area contributed by atoms with Crippen LogP contribution in [0.15, 0.2) is 41.5 Å². The Morgan fingerprint density at radius 1 is 1.25 bits per heavy atom.